The SMILES string of the molecule is CCN(Cc1cccs1)C(=O)CCc1cnn(-c2ccccc2)c1. The third-order valence-electron chi connectivity index (χ3n) is 3.95. The van der Waals surface area contributed by atoms with E-state index in [0.29, 0.717) is 19.4 Å². The lowest BCUT2D eigenvalue weighted by Crippen LogP contribution is -2.30. The Kier molecular flexibility index (Phi) is 5.43. The van der Waals surface area contributed by atoms with Gasteiger partial charge >= 0.3 is 0 Å². The van der Waals surface area contributed by atoms with Crippen LogP contribution in [0.4, 0.5) is 0 Å². The molecule has 0 bridgehead atoms. The number of benzene rings is 1. The van der Waals surface area contributed by atoms with Gasteiger partial charge in [-0.2, -0.15) is 5.10 Å². The van der Waals surface area contributed by atoms with E-state index in [1.54, 1.807) is 11.3 Å². The molecular formula is C19H21N3OS. The molecule has 24 heavy (non-hydrogen) atoms. The number of amides is 1. The van der Waals surface area contributed by atoms with Gasteiger partial charge in [-0.3, -0.25) is 4.79 Å². The summed E-state index contributed by atoms with van der Waals surface area (Å²) in [5.41, 5.74) is 2.11. The first-order valence-corrected chi connectivity index (χ1v) is 9.03. The van der Waals surface area contributed by atoms with Gasteiger partial charge in [0, 0.05) is 24.0 Å². The van der Waals surface area contributed by atoms with E-state index in [-0.39, 0.29) is 5.91 Å². The molecule has 0 aliphatic carbocycles. The van der Waals surface area contributed by atoms with Crippen molar-refractivity contribution in [2.24, 2.45) is 0 Å². The first-order chi connectivity index (χ1) is 11.8. The maximum absolute atomic E-state index is 12.5. The maximum atomic E-state index is 12.5. The van der Waals surface area contributed by atoms with Gasteiger partial charge in [0.2, 0.25) is 5.91 Å². The van der Waals surface area contributed by atoms with Crippen LogP contribution in [-0.2, 0) is 17.8 Å². The lowest BCUT2D eigenvalue weighted by atomic mass is 10.2. The zero-order valence-electron chi connectivity index (χ0n) is 13.8. The number of rotatable bonds is 7. The zero-order chi connectivity index (χ0) is 16.8. The van der Waals surface area contributed by atoms with Gasteiger partial charge in [-0.25, -0.2) is 4.68 Å². The molecule has 0 N–H and O–H groups in total. The molecule has 2 heterocycles. The molecule has 1 aromatic carbocycles. The molecule has 0 spiro atoms. The molecule has 4 nitrogen and oxygen atoms in total. The van der Waals surface area contributed by atoms with Crippen molar-refractivity contribution in [2.45, 2.75) is 26.3 Å². The Morgan fingerprint density at radius 1 is 1.21 bits per heavy atom. The number of aryl methyl sites for hydroxylation is 1. The van der Waals surface area contributed by atoms with Crippen LogP contribution in [0.15, 0.2) is 60.2 Å². The fraction of sp³-hybridized carbons (Fsp3) is 0.263. The Balaban J connectivity index is 1.57. The van der Waals surface area contributed by atoms with E-state index in [4.69, 9.17) is 0 Å². The van der Waals surface area contributed by atoms with Gasteiger partial charge in [-0.05, 0) is 42.5 Å². The highest BCUT2D eigenvalue weighted by molar-refractivity contribution is 7.09. The van der Waals surface area contributed by atoms with Gasteiger partial charge in [0.05, 0.1) is 18.4 Å². The van der Waals surface area contributed by atoms with Crippen molar-refractivity contribution in [1.82, 2.24) is 14.7 Å². The van der Waals surface area contributed by atoms with Crippen molar-refractivity contribution >= 4 is 17.2 Å². The molecule has 3 rings (SSSR count). The van der Waals surface area contributed by atoms with Crippen molar-refractivity contribution < 1.29 is 4.79 Å². The summed E-state index contributed by atoms with van der Waals surface area (Å²) in [5, 5.41) is 6.43. The highest BCUT2D eigenvalue weighted by Crippen LogP contribution is 2.14. The minimum Gasteiger partial charge on any atom is -0.338 e. The average molecular weight is 339 g/mol. The van der Waals surface area contributed by atoms with Crippen LogP contribution >= 0.6 is 11.3 Å². The second-order valence-electron chi connectivity index (χ2n) is 5.62. The molecule has 0 aliphatic heterocycles. The van der Waals surface area contributed by atoms with Crippen LogP contribution in [0.2, 0.25) is 0 Å². The number of carbonyl (C=O) groups excluding carboxylic acids is 1. The third kappa shape index (κ3) is 4.11. The Morgan fingerprint density at radius 2 is 2.04 bits per heavy atom. The first kappa shape index (κ1) is 16.5. The van der Waals surface area contributed by atoms with Crippen molar-refractivity contribution in [2.75, 3.05) is 6.54 Å². The van der Waals surface area contributed by atoms with Crippen LogP contribution in [-0.4, -0.2) is 27.1 Å². The number of thiophene rings is 1. The Morgan fingerprint density at radius 3 is 2.75 bits per heavy atom. The Bertz CT molecular complexity index is 765. The Labute approximate surface area is 146 Å². The highest BCUT2D eigenvalue weighted by Gasteiger charge is 2.13. The number of aromatic nitrogens is 2. The van der Waals surface area contributed by atoms with Gasteiger partial charge in [0.1, 0.15) is 0 Å². The summed E-state index contributed by atoms with van der Waals surface area (Å²) in [6.07, 6.45) is 5.07. The van der Waals surface area contributed by atoms with E-state index < -0.39 is 0 Å². The number of hydrogen-bond donors (Lipinski definition) is 0. The molecule has 0 aliphatic rings. The molecule has 0 fully saturated rings. The molecule has 5 heteroatoms. The summed E-state index contributed by atoms with van der Waals surface area (Å²) in [5.74, 6) is 0.193. The summed E-state index contributed by atoms with van der Waals surface area (Å²) in [6.45, 7) is 3.47. The predicted molar refractivity (Wildman–Crippen MR) is 97.3 cm³/mol. The lowest BCUT2D eigenvalue weighted by Gasteiger charge is -2.20. The molecule has 1 amide bonds. The molecule has 0 saturated carbocycles. The van der Waals surface area contributed by atoms with Crippen LogP contribution in [0.5, 0.6) is 0 Å². The fourth-order valence-corrected chi connectivity index (χ4v) is 3.31. The quantitative estimate of drug-likeness (QED) is 0.654. The summed E-state index contributed by atoms with van der Waals surface area (Å²) < 4.78 is 1.85. The standard InChI is InChI=1S/C19H21N3OS/c1-2-21(15-18-9-6-12-24-18)19(23)11-10-16-13-20-22(14-16)17-7-4-3-5-8-17/h3-9,12-14H,2,10-11,15H2,1H3. The molecule has 0 saturated heterocycles. The van der Waals surface area contributed by atoms with E-state index in [1.165, 1.54) is 4.88 Å². The van der Waals surface area contributed by atoms with Crippen LogP contribution in [0.25, 0.3) is 5.69 Å². The molecule has 3 aromatic rings. The van der Waals surface area contributed by atoms with Crippen molar-refractivity contribution in [3.05, 3.63) is 70.7 Å². The number of hydrogen-bond acceptors (Lipinski definition) is 3. The fourth-order valence-electron chi connectivity index (χ4n) is 2.59. The van der Waals surface area contributed by atoms with E-state index in [9.17, 15) is 4.79 Å². The van der Waals surface area contributed by atoms with Crippen molar-refractivity contribution in [1.29, 1.82) is 0 Å². The third-order valence-corrected chi connectivity index (χ3v) is 4.81. The van der Waals surface area contributed by atoms with Crippen molar-refractivity contribution in [3.63, 3.8) is 0 Å². The normalized spacial score (nSPS) is 10.7. The average Bonchev–Trinajstić information content (AvgIpc) is 3.30. The second kappa shape index (κ2) is 7.93. The molecule has 2 aromatic heterocycles. The minimum absolute atomic E-state index is 0.193. The maximum Gasteiger partial charge on any atom is 0.223 e. The second-order valence-corrected chi connectivity index (χ2v) is 6.65. The molecular weight excluding hydrogens is 318 g/mol. The molecule has 0 unspecified atom stereocenters. The molecule has 0 atom stereocenters. The van der Waals surface area contributed by atoms with E-state index >= 15 is 0 Å². The predicted octanol–water partition coefficient (Wildman–Crippen LogP) is 3.92. The molecule has 0 radical (unpaired) electrons. The number of nitrogens with zero attached hydrogens (tertiary/aromatic N) is 3. The molecule has 124 valence electrons. The van der Waals surface area contributed by atoms with E-state index in [0.717, 1.165) is 17.8 Å². The smallest absolute Gasteiger partial charge is 0.223 e. The largest absolute Gasteiger partial charge is 0.338 e. The highest BCUT2D eigenvalue weighted by atomic mass is 32.1. The van der Waals surface area contributed by atoms with Gasteiger partial charge in [0.15, 0.2) is 0 Å². The van der Waals surface area contributed by atoms with Crippen LogP contribution in [0, 0.1) is 0 Å². The first-order valence-electron chi connectivity index (χ1n) is 8.15. The van der Waals surface area contributed by atoms with Crippen LogP contribution < -0.4 is 0 Å². The number of para-hydroxylation sites is 1. The summed E-state index contributed by atoms with van der Waals surface area (Å²) in [7, 11) is 0. The van der Waals surface area contributed by atoms with Crippen LogP contribution in [0.3, 0.4) is 0 Å². The Hall–Kier alpha value is -2.40. The van der Waals surface area contributed by atoms with Gasteiger partial charge < -0.3 is 4.90 Å². The lowest BCUT2D eigenvalue weighted by molar-refractivity contribution is -0.131. The topological polar surface area (TPSA) is 38.1 Å². The van der Waals surface area contributed by atoms with E-state index in [2.05, 4.69) is 11.2 Å². The van der Waals surface area contributed by atoms with E-state index in [1.807, 2.05) is 70.7 Å². The number of carbonyl (C=O) groups is 1. The van der Waals surface area contributed by atoms with Gasteiger partial charge in [-0.15, -0.1) is 11.3 Å². The minimum atomic E-state index is 0.193. The zero-order valence-corrected chi connectivity index (χ0v) is 14.6. The van der Waals surface area contributed by atoms with Gasteiger partial charge in [0.25, 0.3) is 0 Å². The van der Waals surface area contributed by atoms with Crippen LogP contribution in [0.1, 0.15) is 23.8 Å². The summed E-state index contributed by atoms with van der Waals surface area (Å²) in [4.78, 5) is 15.6. The van der Waals surface area contributed by atoms with Gasteiger partial charge in [-0.1, -0.05) is 24.3 Å². The monoisotopic (exact) mass is 339 g/mol. The van der Waals surface area contributed by atoms with Crippen molar-refractivity contribution in [3.8, 4) is 5.69 Å². The summed E-state index contributed by atoms with van der Waals surface area (Å²) >= 11 is 1.69. The summed E-state index contributed by atoms with van der Waals surface area (Å²) in [6, 6.07) is 14.1.